The molecule has 0 saturated heterocycles. The van der Waals surface area contributed by atoms with Crippen molar-refractivity contribution in [3.05, 3.63) is 45.3 Å². The molecule has 0 unspecified atom stereocenters. The van der Waals surface area contributed by atoms with Crippen molar-refractivity contribution in [3.8, 4) is 0 Å². The van der Waals surface area contributed by atoms with Gasteiger partial charge in [-0.3, -0.25) is 9.59 Å². The number of fused-ring (bicyclic) bond motifs is 1. The van der Waals surface area contributed by atoms with Crippen molar-refractivity contribution >= 4 is 27.5 Å². The molecule has 1 aromatic carbocycles. The predicted molar refractivity (Wildman–Crippen MR) is 82.3 cm³/mol. The standard InChI is InChI=1S/C16H17BrO4/c1-3-7-20-15-13(18)11-6-5-10(17)9-12(11)14(19)16(15)21-8-4-2/h5-6,9H,3-4,7-8H2,1-2H3. The van der Waals surface area contributed by atoms with Gasteiger partial charge in [0.15, 0.2) is 0 Å². The second kappa shape index (κ2) is 6.89. The van der Waals surface area contributed by atoms with E-state index in [1.165, 1.54) is 0 Å². The van der Waals surface area contributed by atoms with Crippen LogP contribution in [0.4, 0.5) is 0 Å². The zero-order valence-electron chi connectivity index (χ0n) is 12.1. The molecule has 1 aromatic rings. The van der Waals surface area contributed by atoms with Crippen molar-refractivity contribution < 1.29 is 19.1 Å². The van der Waals surface area contributed by atoms with E-state index < -0.39 is 0 Å². The summed E-state index contributed by atoms with van der Waals surface area (Å²) in [6, 6.07) is 5.01. The van der Waals surface area contributed by atoms with Crippen LogP contribution >= 0.6 is 15.9 Å². The van der Waals surface area contributed by atoms with E-state index in [2.05, 4.69) is 15.9 Å². The number of benzene rings is 1. The van der Waals surface area contributed by atoms with Gasteiger partial charge >= 0.3 is 0 Å². The fraction of sp³-hybridized carbons (Fsp3) is 0.375. The lowest BCUT2D eigenvalue weighted by Crippen LogP contribution is -2.25. The summed E-state index contributed by atoms with van der Waals surface area (Å²) < 4.78 is 11.7. The van der Waals surface area contributed by atoms with Crippen LogP contribution in [0.5, 0.6) is 0 Å². The van der Waals surface area contributed by atoms with Crippen LogP contribution in [0.3, 0.4) is 0 Å². The summed E-state index contributed by atoms with van der Waals surface area (Å²) in [5.41, 5.74) is 0.711. The minimum absolute atomic E-state index is 0.0286. The first-order chi connectivity index (χ1) is 10.1. The van der Waals surface area contributed by atoms with Gasteiger partial charge in [-0.15, -0.1) is 0 Å². The van der Waals surface area contributed by atoms with Crippen molar-refractivity contribution in [3.63, 3.8) is 0 Å². The molecule has 2 rings (SSSR count). The lowest BCUT2D eigenvalue weighted by molar-refractivity contribution is 0.0752. The molecule has 1 aliphatic carbocycles. The molecule has 0 spiro atoms. The third-order valence-electron chi connectivity index (χ3n) is 2.99. The fourth-order valence-electron chi connectivity index (χ4n) is 2.02. The molecule has 0 amide bonds. The Morgan fingerprint density at radius 2 is 1.43 bits per heavy atom. The number of hydrogen-bond donors (Lipinski definition) is 0. The van der Waals surface area contributed by atoms with E-state index in [1.807, 2.05) is 13.8 Å². The van der Waals surface area contributed by atoms with E-state index in [9.17, 15) is 9.59 Å². The van der Waals surface area contributed by atoms with Gasteiger partial charge in [-0.25, -0.2) is 0 Å². The quantitative estimate of drug-likeness (QED) is 0.779. The molecule has 0 heterocycles. The summed E-state index contributed by atoms with van der Waals surface area (Å²) in [5, 5.41) is 0. The number of ketones is 2. The predicted octanol–water partition coefficient (Wildman–Crippen LogP) is 3.89. The van der Waals surface area contributed by atoms with Crippen molar-refractivity contribution in [2.24, 2.45) is 0 Å². The first-order valence-electron chi connectivity index (χ1n) is 6.99. The highest BCUT2D eigenvalue weighted by Crippen LogP contribution is 2.30. The van der Waals surface area contributed by atoms with Crippen LogP contribution in [0.25, 0.3) is 0 Å². The SMILES string of the molecule is CCCOC1=C(OCCC)C(=O)c2cc(Br)ccc2C1=O. The van der Waals surface area contributed by atoms with E-state index in [-0.39, 0.29) is 23.1 Å². The maximum atomic E-state index is 12.6. The van der Waals surface area contributed by atoms with Crippen LogP contribution in [0, 0.1) is 0 Å². The molecule has 0 radical (unpaired) electrons. The van der Waals surface area contributed by atoms with Crippen LogP contribution in [0.2, 0.25) is 0 Å². The van der Waals surface area contributed by atoms with E-state index in [0.717, 1.165) is 17.3 Å². The van der Waals surface area contributed by atoms with Crippen LogP contribution in [0.15, 0.2) is 34.2 Å². The average Bonchev–Trinajstić information content (AvgIpc) is 2.48. The van der Waals surface area contributed by atoms with Crippen molar-refractivity contribution in [1.29, 1.82) is 0 Å². The zero-order chi connectivity index (χ0) is 15.4. The summed E-state index contributed by atoms with van der Waals surface area (Å²) in [7, 11) is 0. The molecule has 21 heavy (non-hydrogen) atoms. The second-order valence-corrected chi connectivity index (χ2v) is 5.62. The van der Waals surface area contributed by atoms with Gasteiger partial charge in [0.2, 0.25) is 23.1 Å². The Balaban J connectivity index is 2.47. The smallest absolute Gasteiger partial charge is 0.232 e. The maximum absolute atomic E-state index is 12.6. The Morgan fingerprint density at radius 3 is 1.95 bits per heavy atom. The summed E-state index contributed by atoms with van der Waals surface area (Å²) >= 11 is 3.32. The number of halogens is 1. The highest BCUT2D eigenvalue weighted by atomic mass is 79.9. The summed E-state index contributed by atoms with van der Waals surface area (Å²) in [5.74, 6) is -0.534. The average molecular weight is 353 g/mol. The van der Waals surface area contributed by atoms with E-state index >= 15 is 0 Å². The van der Waals surface area contributed by atoms with Gasteiger partial charge in [-0.2, -0.15) is 0 Å². The Hall–Kier alpha value is -1.62. The molecule has 0 aliphatic heterocycles. The fourth-order valence-corrected chi connectivity index (χ4v) is 2.38. The summed E-state index contributed by atoms with van der Waals surface area (Å²) in [4.78, 5) is 25.1. The number of allylic oxidation sites excluding steroid dienone is 2. The molecule has 0 bridgehead atoms. The number of carbonyl (C=O) groups is 2. The van der Waals surface area contributed by atoms with Gasteiger partial charge in [-0.05, 0) is 31.0 Å². The second-order valence-electron chi connectivity index (χ2n) is 4.70. The number of ether oxygens (including phenoxy) is 2. The molecule has 0 saturated carbocycles. The normalized spacial score (nSPS) is 14.2. The van der Waals surface area contributed by atoms with Crippen molar-refractivity contribution in [2.75, 3.05) is 13.2 Å². The Morgan fingerprint density at radius 1 is 0.905 bits per heavy atom. The maximum Gasteiger partial charge on any atom is 0.232 e. The molecule has 4 nitrogen and oxygen atoms in total. The van der Waals surface area contributed by atoms with Crippen LogP contribution in [-0.2, 0) is 9.47 Å². The largest absolute Gasteiger partial charge is 0.486 e. The lowest BCUT2D eigenvalue weighted by atomic mass is 9.92. The van der Waals surface area contributed by atoms with Gasteiger partial charge in [0.1, 0.15) is 0 Å². The van der Waals surface area contributed by atoms with E-state index in [1.54, 1.807) is 18.2 Å². The molecule has 0 atom stereocenters. The van der Waals surface area contributed by atoms with E-state index in [0.29, 0.717) is 24.3 Å². The first-order valence-corrected chi connectivity index (χ1v) is 7.78. The number of carbonyl (C=O) groups excluding carboxylic acids is 2. The Bertz CT molecular complexity index is 604. The molecule has 0 N–H and O–H groups in total. The molecular weight excluding hydrogens is 336 g/mol. The van der Waals surface area contributed by atoms with E-state index in [4.69, 9.17) is 9.47 Å². The highest BCUT2D eigenvalue weighted by molar-refractivity contribution is 9.10. The third kappa shape index (κ3) is 3.18. The van der Waals surface area contributed by atoms with Gasteiger partial charge < -0.3 is 9.47 Å². The highest BCUT2D eigenvalue weighted by Gasteiger charge is 2.35. The van der Waals surface area contributed by atoms with Crippen LogP contribution in [-0.4, -0.2) is 24.8 Å². The topological polar surface area (TPSA) is 52.6 Å². The van der Waals surface area contributed by atoms with Crippen LogP contribution < -0.4 is 0 Å². The molecule has 0 fully saturated rings. The summed E-state index contributed by atoms with van der Waals surface area (Å²) in [6.07, 6.45) is 1.50. The number of Topliss-reactive ketones (excluding diaryl/α,β-unsaturated/α-hetero) is 2. The third-order valence-corrected chi connectivity index (χ3v) is 3.48. The first kappa shape index (κ1) is 15.8. The minimum Gasteiger partial charge on any atom is -0.486 e. The Labute approximate surface area is 132 Å². The monoisotopic (exact) mass is 352 g/mol. The zero-order valence-corrected chi connectivity index (χ0v) is 13.7. The van der Waals surface area contributed by atoms with Crippen molar-refractivity contribution in [2.45, 2.75) is 26.7 Å². The number of rotatable bonds is 6. The van der Waals surface area contributed by atoms with Crippen LogP contribution in [0.1, 0.15) is 47.4 Å². The van der Waals surface area contributed by atoms with Gasteiger partial charge in [0.05, 0.1) is 13.2 Å². The minimum atomic E-state index is -0.301. The van der Waals surface area contributed by atoms with Gasteiger partial charge in [0, 0.05) is 15.6 Å². The molecule has 0 aromatic heterocycles. The molecule has 5 heteroatoms. The Kier molecular flexibility index (Phi) is 5.17. The van der Waals surface area contributed by atoms with Gasteiger partial charge in [0.25, 0.3) is 0 Å². The molecule has 1 aliphatic rings. The molecular formula is C16H17BrO4. The molecule has 112 valence electrons. The van der Waals surface area contributed by atoms with Gasteiger partial charge in [-0.1, -0.05) is 29.8 Å². The number of hydrogen-bond acceptors (Lipinski definition) is 4. The lowest BCUT2D eigenvalue weighted by Gasteiger charge is -2.21. The van der Waals surface area contributed by atoms with Crippen molar-refractivity contribution in [1.82, 2.24) is 0 Å². The summed E-state index contributed by atoms with van der Waals surface area (Å²) in [6.45, 7) is 4.62.